The van der Waals surface area contributed by atoms with E-state index in [0.29, 0.717) is 11.8 Å². The van der Waals surface area contributed by atoms with Gasteiger partial charge in [0.05, 0.1) is 6.10 Å². The van der Waals surface area contributed by atoms with E-state index in [2.05, 4.69) is 38.7 Å². The lowest BCUT2D eigenvalue weighted by molar-refractivity contribution is -0.0569. The fraction of sp³-hybridized carbons (Fsp3) is 0.684. The van der Waals surface area contributed by atoms with Crippen molar-refractivity contribution in [3.05, 3.63) is 29.3 Å². The highest BCUT2D eigenvalue weighted by Crippen LogP contribution is 2.56. The molecule has 3 heteroatoms. The molecule has 0 saturated carbocycles. The van der Waals surface area contributed by atoms with Crippen molar-refractivity contribution in [2.75, 3.05) is 20.2 Å². The molecule has 1 heterocycles. The first kappa shape index (κ1) is 15.8. The number of ether oxygens (including phenoxy) is 1. The molecule has 3 atom stereocenters. The number of nitrogens with zero attached hydrogens (tertiary/aromatic N) is 1. The number of benzene rings is 1. The molecule has 3 nitrogen and oxygen atoms in total. The van der Waals surface area contributed by atoms with E-state index in [1.54, 1.807) is 7.11 Å². The molecule has 0 radical (unpaired) electrons. The van der Waals surface area contributed by atoms with Crippen LogP contribution in [0.25, 0.3) is 0 Å². The number of phenols is 1. The van der Waals surface area contributed by atoms with Crippen molar-refractivity contribution in [2.45, 2.75) is 58.1 Å². The number of aromatic hydroxyl groups is 1. The van der Waals surface area contributed by atoms with Gasteiger partial charge in [-0.15, -0.1) is 0 Å². The highest BCUT2D eigenvalue weighted by atomic mass is 16.5. The number of hydrogen-bond acceptors (Lipinski definition) is 3. The summed E-state index contributed by atoms with van der Waals surface area (Å²) in [7, 11) is 1.79. The minimum Gasteiger partial charge on any atom is -0.508 e. The van der Waals surface area contributed by atoms with Gasteiger partial charge in [0.2, 0.25) is 0 Å². The lowest BCUT2D eigenvalue weighted by Crippen LogP contribution is -2.64. The van der Waals surface area contributed by atoms with Gasteiger partial charge in [-0.1, -0.05) is 26.8 Å². The third-order valence-electron chi connectivity index (χ3n) is 6.59. The Morgan fingerprint density at radius 1 is 1.36 bits per heavy atom. The van der Waals surface area contributed by atoms with E-state index in [0.717, 1.165) is 25.9 Å². The third kappa shape index (κ3) is 2.17. The maximum absolute atomic E-state index is 9.95. The Bertz CT molecular complexity index is 569. The van der Waals surface area contributed by atoms with Gasteiger partial charge in [0, 0.05) is 25.1 Å². The summed E-state index contributed by atoms with van der Waals surface area (Å²) >= 11 is 0. The smallest absolute Gasteiger partial charge is 0.115 e. The van der Waals surface area contributed by atoms with Gasteiger partial charge in [-0.3, -0.25) is 4.90 Å². The van der Waals surface area contributed by atoms with Crippen LogP contribution in [0.15, 0.2) is 18.2 Å². The Morgan fingerprint density at radius 3 is 2.77 bits per heavy atom. The normalized spacial score (nSPS) is 31.6. The molecule has 122 valence electrons. The lowest BCUT2D eigenvalue weighted by Gasteiger charge is -2.61. The average Bonchev–Trinajstić information content (AvgIpc) is 2.46. The summed E-state index contributed by atoms with van der Waals surface area (Å²) in [5.41, 5.74) is 3.06. The molecule has 22 heavy (non-hydrogen) atoms. The summed E-state index contributed by atoms with van der Waals surface area (Å²) in [5.74, 6) is 0.393. The van der Waals surface area contributed by atoms with Crippen LogP contribution in [0, 0.1) is 5.41 Å². The molecule has 3 rings (SSSR count). The van der Waals surface area contributed by atoms with Crippen LogP contribution in [0.4, 0.5) is 0 Å². The van der Waals surface area contributed by atoms with Crippen molar-refractivity contribution in [1.29, 1.82) is 0 Å². The summed E-state index contributed by atoms with van der Waals surface area (Å²) in [6.07, 6.45) is 2.46. The summed E-state index contributed by atoms with van der Waals surface area (Å²) < 4.78 is 5.49. The number of hydrogen-bond donors (Lipinski definition) is 1. The zero-order valence-electron chi connectivity index (χ0n) is 14.5. The van der Waals surface area contributed by atoms with Gasteiger partial charge in [-0.05, 0) is 55.0 Å². The van der Waals surface area contributed by atoms with Crippen LogP contribution >= 0.6 is 0 Å². The summed E-state index contributed by atoms with van der Waals surface area (Å²) in [6.45, 7) is 11.4. The van der Waals surface area contributed by atoms with Crippen LogP contribution in [-0.4, -0.2) is 42.4 Å². The van der Waals surface area contributed by atoms with E-state index in [9.17, 15) is 5.11 Å². The first-order valence-electron chi connectivity index (χ1n) is 8.39. The number of phenolic OH excluding ortho intramolecular Hbond substituents is 1. The van der Waals surface area contributed by atoms with Crippen LogP contribution in [0.1, 0.15) is 45.2 Å². The van der Waals surface area contributed by atoms with Crippen molar-refractivity contribution in [3.63, 3.8) is 0 Å². The number of methoxy groups -OCH3 is 1. The largest absolute Gasteiger partial charge is 0.508 e. The Balaban J connectivity index is 2.02. The third-order valence-corrected chi connectivity index (χ3v) is 6.59. The minimum atomic E-state index is 0.122. The Labute approximate surface area is 134 Å². The van der Waals surface area contributed by atoms with Crippen LogP contribution in [0.5, 0.6) is 5.75 Å². The second-order valence-corrected chi connectivity index (χ2v) is 7.91. The zero-order chi connectivity index (χ0) is 16.1. The average molecular weight is 303 g/mol. The highest BCUT2D eigenvalue weighted by molar-refractivity contribution is 5.45. The van der Waals surface area contributed by atoms with Gasteiger partial charge < -0.3 is 9.84 Å². The van der Waals surface area contributed by atoms with Crippen LogP contribution < -0.4 is 0 Å². The van der Waals surface area contributed by atoms with E-state index in [1.165, 1.54) is 11.1 Å². The highest BCUT2D eigenvalue weighted by Gasteiger charge is 2.55. The zero-order valence-corrected chi connectivity index (χ0v) is 14.5. The van der Waals surface area contributed by atoms with Gasteiger partial charge >= 0.3 is 0 Å². The quantitative estimate of drug-likeness (QED) is 0.929. The molecule has 1 aromatic rings. The van der Waals surface area contributed by atoms with Gasteiger partial charge in [0.1, 0.15) is 5.75 Å². The number of fused-ring (bicyclic) bond motifs is 4. The SMILES string of the molecule is COC(C)CN1CCC2(C)c3cc(O)ccc3C[C@@H]1C2(C)C. The fourth-order valence-electron chi connectivity index (χ4n) is 4.62. The maximum Gasteiger partial charge on any atom is 0.115 e. The molecular weight excluding hydrogens is 274 g/mol. The summed E-state index contributed by atoms with van der Waals surface area (Å²) in [4.78, 5) is 2.62. The monoisotopic (exact) mass is 303 g/mol. The predicted molar refractivity (Wildman–Crippen MR) is 89.4 cm³/mol. The van der Waals surface area contributed by atoms with Crippen LogP contribution in [0.3, 0.4) is 0 Å². The molecular formula is C19H29NO2. The molecule has 1 N–H and O–H groups in total. The molecule has 1 aliphatic heterocycles. The molecule has 1 fully saturated rings. The van der Waals surface area contributed by atoms with Crippen molar-refractivity contribution >= 4 is 0 Å². The van der Waals surface area contributed by atoms with Crippen molar-refractivity contribution in [3.8, 4) is 5.75 Å². The van der Waals surface area contributed by atoms with Gasteiger partial charge in [-0.25, -0.2) is 0 Å². The second-order valence-electron chi connectivity index (χ2n) is 7.91. The lowest BCUT2D eigenvalue weighted by atomic mass is 9.51. The minimum absolute atomic E-state index is 0.122. The van der Waals surface area contributed by atoms with Crippen molar-refractivity contribution < 1.29 is 9.84 Å². The first-order valence-corrected chi connectivity index (χ1v) is 8.39. The predicted octanol–water partition coefficient (Wildman–Crippen LogP) is 3.34. The molecule has 0 amide bonds. The fourth-order valence-corrected chi connectivity index (χ4v) is 4.62. The van der Waals surface area contributed by atoms with Crippen molar-refractivity contribution in [2.24, 2.45) is 5.41 Å². The molecule has 2 unspecified atom stereocenters. The van der Waals surface area contributed by atoms with E-state index < -0.39 is 0 Å². The van der Waals surface area contributed by atoms with Gasteiger partial charge in [0.25, 0.3) is 0 Å². The number of rotatable bonds is 3. The summed E-state index contributed by atoms with van der Waals surface area (Å²) in [5, 5.41) is 9.95. The summed E-state index contributed by atoms with van der Waals surface area (Å²) in [6, 6.07) is 6.48. The molecule has 0 spiro atoms. The Hall–Kier alpha value is -1.06. The number of piperidine rings is 1. The van der Waals surface area contributed by atoms with Crippen LogP contribution in [-0.2, 0) is 16.6 Å². The molecule has 1 aliphatic carbocycles. The molecule has 0 aromatic heterocycles. The Morgan fingerprint density at radius 2 is 2.09 bits per heavy atom. The Kier molecular flexibility index (Phi) is 3.77. The second kappa shape index (κ2) is 5.24. The van der Waals surface area contributed by atoms with Gasteiger partial charge in [0.15, 0.2) is 0 Å². The van der Waals surface area contributed by atoms with Crippen LogP contribution in [0.2, 0.25) is 0 Å². The number of likely N-dealkylation sites (tertiary alicyclic amines) is 1. The molecule has 1 saturated heterocycles. The first-order chi connectivity index (χ1) is 10.3. The standard InChI is InChI=1S/C19H29NO2/c1-13(22-5)12-20-9-8-19(4)16-11-15(21)7-6-14(16)10-17(20)18(19,2)3/h6-7,11,13,17,21H,8-10,12H2,1-5H3/t13?,17-,19?/m1/s1. The molecule has 2 aliphatic rings. The molecule has 1 aromatic carbocycles. The van der Waals surface area contributed by atoms with Gasteiger partial charge in [-0.2, -0.15) is 0 Å². The van der Waals surface area contributed by atoms with E-state index in [1.807, 2.05) is 12.1 Å². The molecule has 2 bridgehead atoms. The van der Waals surface area contributed by atoms with Crippen molar-refractivity contribution in [1.82, 2.24) is 4.90 Å². The topological polar surface area (TPSA) is 32.7 Å². The maximum atomic E-state index is 9.95. The van der Waals surface area contributed by atoms with E-state index >= 15 is 0 Å². The van der Waals surface area contributed by atoms with E-state index in [-0.39, 0.29) is 16.9 Å². The van der Waals surface area contributed by atoms with E-state index in [4.69, 9.17) is 4.74 Å².